The average molecular weight is 297 g/mol. The quantitative estimate of drug-likeness (QED) is 0.557. The van der Waals surface area contributed by atoms with Crippen LogP contribution < -0.4 is 0 Å². The van der Waals surface area contributed by atoms with Crippen molar-refractivity contribution in [1.82, 2.24) is 0 Å². The molecule has 1 saturated carbocycles. The van der Waals surface area contributed by atoms with E-state index in [0.717, 1.165) is 41.5 Å². The van der Waals surface area contributed by atoms with Crippen LogP contribution in [0.1, 0.15) is 24.8 Å². The van der Waals surface area contributed by atoms with E-state index in [-0.39, 0.29) is 11.2 Å². The summed E-state index contributed by atoms with van der Waals surface area (Å²) in [6.07, 6.45) is 4.61. The summed E-state index contributed by atoms with van der Waals surface area (Å²) in [7, 11) is 0. The van der Waals surface area contributed by atoms with Crippen molar-refractivity contribution in [2.45, 2.75) is 24.6 Å². The van der Waals surface area contributed by atoms with Gasteiger partial charge in [0.15, 0.2) is 5.78 Å². The number of allylic oxidation sites excluding steroid dienone is 1. The van der Waals surface area contributed by atoms with Crippen molar-refractivity contribution in [2.75, 3.05) is 0 Å². The molecule has 0 radical (unpaired) electrons. The monoisotopic (exact) mass is 296 g/mol. The third kappa shape index (κ3) is 3.08. The molecule has 1 nitrogen and oxygen atoms in total. The predicted molar refractivity (Wildman–Crippen MR) is 88.4 cm³/mol. The molecule has 0 heterocycles. The van der Waals surface area contributed by atoms with E-state index in [4.69, 9.17) is 11.6 Å². The van der Waals surface area contributed by atoms with E-state index in [1.807, 2.05) is 36.4 Å². The zero-order valence-corrected chi connectivity index (χ0v) is 12.5. The molecule has 0 aliphatic heterocycles. The summed E-state index contributed by atoms with van der Waals surface area (Å²) >= 11 is 6.09. The van der Waals surface area contributed by atoms with E-state index in [9.17, 15) is 4.79 Å². The largest absolute Gasteiger partial charge is 0.293 e. The third-order valence-corrected chi connectivity index (χ3v) is 4.30. The second-order valence-electron chi connectivity index (χ2n) is 5.35. The van der Waals surface area contributed by atoms with Gasteiger partial charge in [-0.25, -0.2) is 0 Å². The molecule has 1 atom stereocenters. The molecule has 1 aliphatic rings. The number of alkyl halides is 1. The van der Waals surface area contributed by atoms with E-state index in [1.165, 1.54) is 0 Å². The highest BCUT2D eigenvalue weighted by Crippen LogP contribution is 2.29. The standard InChI is InChI=1S/C19H17ClO/c20-18-12-6-10-16(19(18)21)13-15-9-4-5-11-17(15)14-7-2-1-3-8-14/h1-5,7-9,11,13,18H,6,10,12H2. The topological polar surface area (TPSA) is 17.1 Å². The molecule has 0 amide bonds. The van der Waals surface area contributed by atoms with Gasteiger partial charge in [-0.2, -0.15) is 0 Å². The second kappa shape index (κ2) is 6.28. The Morgan fingerprint density at radius 2 is 1.71 bits per heavy atom. The van der Waals surface area contributed by atoms with Crippen molar-refractivity contribution < 1.29 is 4.79 Å². The van der Waals surface area contributed by atoms with E-state index in [1.54, 1.807) is 0 Å². The van der Waals surface area contributed by atoms with Gasteiger partial charge in [0.1, 0.15) is 0 Å². The second-order valence-corrected chi connectivity index (χ2v) is 5.87. The van der Waals surface area contributed by atoms with Gasteiger partial charge in [0.05, 0.1) is 5.38 Å². The third-order valence-electron chi connectivity index (χ3n) is 3.88. The molecule has 0 spiro atoms. The summed E-state index contributed by atoms with van der Waals surface area (Å²) in [4.78, 5) is 12.2. The number of hydrogen-bond acceptors (Lipinski definition) is 1. The Labute approximate surface area is 130 Å². The van der Waals surface area contributed by atoms with Crippen molar-refractivity contribution in [1.29, 1.82) is 0 Å². The number of carbonyl (C=O) groups excluding carboxylic acids is 1. The minimum absolute atomic E-state index is 0.0887. The summed E-state index contributed by atoms with van der Waals surface area (Å²) in [6, 6.07) is 18.4. The molecule has 1 aliphatic carbocycles. The van der Waals surface area contributed by atoms with Crippen LogP contribution in [0, 0.1) is 0 Å². The lowest BCUT2D eigenvalue weighted by atomic mass is 9.90. The fourth-order valence-corrected chi connectivity index (χ4v) is 3.06. The first kappa shape index (κ1) is 14.1. The maximum atomic E-state index is 12.2. The number of benzene rings is 2. The molecule has 2 aromatic rings. The van der Waals surface area contributed by atoms with Crippen molar-refractivity contribution >= 4 is 23.5 Å². The van der Waals surface area contributed by atoms with Crippen LogP contribution in [0.3, 0.4) is 0 Å². The fraction of sp³-hybridized carbons (Fsp3) is 0.211. The van der Waals surface area contributed by atoms with Crippen LogP contribution in [-0.2, 0) is 4.79 Å². The first-order chi connectivity index (χ1) is 10.3. The highest BCUT2D eigenvalue weighted by molar-refractivity contribution is 6.34. The molecule has 3 rings (SSSR count). The average Bonchev–Trinajstić information content (AvgIpc) is 2.53. The molecule has 0 N–H and O–H groups in total. The molecule has 2 aromatic carbocycles. The van der Waals surface area contributed by atoms with Gasteiger partial charge < -0.3 is 0 Å². The molecule has 106 valence electrons. The van der Waals surface area contributed by atoms with Gasteiger partial charge in [-0.1, -0.05) is 54.6 Å². The zero-order valence-electron chi connectivity index (χ0n) is 11.8. The Kier molecular flexibility index (Phi) is 4.21. The Bertz CT molecular complexity index is 673. The van der Waals surface area contributed by atoms with E-state index >= 15 is 0 Å². The summed E-state index contributed by atoms with van der Waals surface area (Å²) in [5.41, 5.74) is 4.24. The highest BCUT2D eigenvalue weighted by Gasteiger charge is 2.24. The molecule has 21 heavy (non-hydrogen) atoms. The van der Waals surface area contributed by atoms with Crippen LogP contribution in [0.4, 0.5) is 0 Å². The number of halogens is 1. The summed E-state index contributed by atoms with van der Waals surface area (Å²) in [6.45, 7) is 0. The number of rotatable bonds is 2. The van der Waals surface area contributed by atoms with Crippen LogP contribution in [-0.4, -0.2) is 11.2 Å². The van der Waals surface area contributed by atoms with Gasteiger partial charge in [0.2, 0.25) is 0 Å². The maximum Gasteiger partial charge on any atom is 0.176 e. The molecule has 0 bridgehead atoms. The maximum absolute atomic E-state index is 12.2. The Morgan fingerprint density at radius 3 is 2.52 bits per heavy atom. The number of Topliss-reactive ketones (excluding diaryl/α,β-unsaturated/α-hetero) is 1. The first-order valence-electron chi connectivity index (χ1n) is 7.29. The molecule has 1 fully saturated rings. The smallest absolute Gasteiger partial charge is 0.176 e. The lowest BCUT2D eigenvalue weighted by Crippen LogP contribution is -2.21. The Balaban J connectivity index is 2.02. The van der Waals surface area contributed by atoms with E-state index in [0.29, 0.717) is 0 Å². The van der Waals surface area contributed by atoms with Gasteiger partial charge in [0, 0.05) is 0 Å². The molecule has 0 saturated heterocycles. The summed E-state index contributed by atoms with van der Waals surface area (Å²) in [5.74, 6) is 0.0887. The Morgan fingerprint density at radius 1 is 1.00 bits per heavy atom. The van der Waals surface area contributed by atoms with Crippen LogP contribution in [0.15, 0.2) is 60.2 Å². The van der Waals surface area contributed by atoms with Crippen LogP contribution in [0.5, 0.6) is 0 Å². The number of carbonyl (C=O) groups is 1. The van der Waals surface area contributed by atoms with Crippen LogP contribution in [0.25, 0.3) is 17.2 Å². The van der Waals surface area contributed by atoms with E-state index < -0.39 is 0 Å². The van der Waals surface area contributed by atoms with Crippen LogP contribution >= 0.6 is 11.6 Å². The van der Waals surface area contributed by atoms with E-state index in [2.05, 4.69) is 24.3 Å². The normalized spacial score (nSPS) is 20.7. The SMILES string of the molecule is O=C1C(=Cc2ccccc2-c2ccccc2)CCCC1Cl. The lowest BCUT2D eigenvalue weighted by Gasteiger charge is -2.18. The molecule has 1 unspecified atom stereocenters. The molecular weight excluding hydrogens is 280 g/mol. The van der Waals surface area contributed by atoms with Crippen molar-refractivity contribution in [3.63, 3.8) is 0 Å². The van der Waals surface area contributed by atoms with Gasteiger partial charge in [-0.05, 0) is 47.6 Å². The van der Waals surface area contributed by atoms with Crippen molar-refractivity contribution in [3.8, 4) is 11.1 Å². The van der Waals surface area contributed by atoms with Gasteiger partial charge in [-0.15, -0.1) is 11.6 Å². The van der Waals surface area contributed by atoms with Crippen molar-refractivity contribution in [3.05, 3.63) is 65.7 Å². The van der Waals surface area contributed by atoms with Gasteiger partial charge in [0.25, 0.3) is 0 Å². The minimum atomic E-state index is -0.353. The number of ketones is 1. The van der Waals surface area contributed by atoms with Crippen molar-refractivity contribution in [2.24, 2.45) is 0 Å². The highest BCUT2D eigenvalue weighted by atomic mass is 35.5. The van der Waals surface area contributed by atoms with Gasteiger partial charge in [-0.3, -0.25) is 4.79 Å². The predicted octanol–water partition coefficient (Wildman–Crippen LogP) is 5.10. The molecule has 0 aromatic heterocycles. The molecule has 2 heteroatoms. The zero-order chi connectivity index (χ0) is 14.7. The number of hydrogen-bond donors (Lipinski definition) is 0. The fourth-order valence-electron chi connectivity index (χ4n) is 2.76. The van der Waals surface area contributed by atoms with Crippen LogP contribution in [0.2, 0.25) is 0 Å². The first-order valence-corrected chi connectivity index (χ1v) is 7.72. The summed E-state index contributed by atoms with van der Waals surface area (Å²) in [5, 5.41) is -0.353. The minimum Gasteiger partial charge on any atom is -0.293 e. The Hall–Kier alpha value is -1.86. The summed E-state index contributed by atoms with van der Waals surface area (Å²) < 4.78 is 0. The van der Waals surface area contributed by atoms with Gasteiger partial charge >= 0.3 is 0 Å². The molecular formula is C19H17ClO. The lowest BCUT2D eigenvalue weighted by molar-refractivity contribution is -0.116.